The lowest BCUT2D eigenvalue weighted by Crippen LogP contribution is -2.41. The Hall–Kier alpha value is -0.820. The Kier molecular flexibility index (Phi) is 4.61. The minimum Gasteiger partial charge on any atom is -0.315 e. The van der Waals surface area contributed by atoms with Crippen LogP contribution in [0.1, 0.15) is 65.0 Å². The molecule has 0 atom stereocenters. The average molecular weight is 247 g/mol. The quantitative estimate of drug-likeness (QED) is 0.809. The van der Waals surface area contributed by atoms with Gasteiger partial charge in [-0.05, 0) is 49.8 Å². The summed E-state index contributed by atoms with van der Waals surface area (Å²) >= 11 is 0. The van der Waals surface area contributed by atoms with E-state index in [9.17, 15) is 0 Å². The maximum Gasteiger partial charge on any atom is 0.0130 e. The molecule has 1 nitrogen and oxygen atoms in total. The van der Waals surface area contributed by atoms with Gasteiger partial charge in [-0.3, -0.25) is 0 Å². The summed E-state index contributed by atoms with van der Waals surface area (Å²) in [6, 6.07) is 9.13. The molecule has 0 saturated heterocycles. The van der Waals surface area contributed by atoms with Crippen LogP contribution in [0.2, 0.25) is 0 Å². The van der Waals surface area contributed by atoms with E-state index in [1.165, 1.54) is 11.1 Å². The van der Waals surface area contributed by atoms with Gasteiger partial charge in [-0.15, -0.1) is 0 Å². The van der Waals surface area contributed by atoms with Gasteiger partial charge in [0, 0.05) is 5.54 Å². The first-order valence-corrected chi connectivity index (χ1v) is 6.97. The van der Waals surface area contributed by atoms with Crippen LogP contribution >= 0.6 is 0 Å². The van der Waals surface area contributed by atoms with Crippen molar-refractivity contribution in [1.29, 1.82) is 0 Å². The van der Waals surface area contributed by atoms with Crippen molar-refractivity contribution < 1.29 is 0 Å². The molecular formula is C17H29N. The SMILES string of the molecule is CNC(C)(C)CC(C)(C)c1ccc(C(C)C)cc1. The number of benzene rings is 1. The van der Waals surface area contributed by atoms with Crippen molar-refractivity contribution in [3.8, 4) is 0 Å². The molecule has 0 aromatic heterocycles. The topological polar surface area (TPSA) is 12.0 Å². The van der Waals surface area contributed by atoms with Gasteiger partial charge >= 0.3 is 0 Å². The van der Waals surface area contributed by atoms with E-state index in [2.05, 4.69) is 71.1 Å². The van der Waals surface area contributed by atoms with E-state index >= 15 is 0 Å². The Balaban J connectivity index is 2.91. The molecule has 102 valence electrons. The number of hydrogen-bond donors (Lipinski definition) is 1. The second-order valence-corrected chi connectivity index (χ2v) is 6.97. The molecule has 0 heterocycles. The highest BCUT2D eigenvalue weighted by Crippen LogP contribution is 2.32. The Labute approximate surface area is 113 Å². The first-order chi connectivity index (χ1) is 8.18. The predicted molar refractivity (Wildman–Crippen MR) is 81.3 cm³/mol. The van der Waals surface area contributed by atoms with Crippen LogP contribution in [0.3, 0.4) is 0 Å². The molecule has 0 amide bonds. The minimum absolute atomic E-state index is 0.167. The van der Waals surface area contributed by atoms with Crippen molar-refractivity contribution in [3.63, 3.8) is 0 Å². The lowest BCUT2D eigenvalue weighted by Gasteiger charge is -2.35. The molecule has 1 N–H and O–H groups in total. The molecule has 0 aliphatic heterocycles. The maximum atomic E-state index is 3.40. The van der Waals surface area contributed by atoms with Crippen molar-refractivity contribution in [1.82, 2.24) is 5.32 Å². The largest absolute Gasteiger partial charge is 0.315 e. The number of nitrogens with one attached hydrogen (secondary N) is 1. The van der Waals surface area contributed by atoms with Crippen LogP contribution in [0, 0.1) is 0 Å². The fourth-order valence-corrected chi connectivity index (χ4v) is 2.61. The number of rotatable bonds is 5. The maximum absolute atomic E-state index is 3.40. The van der Waals surface area contributed by atoms with Gasteiger partial charge in [-0.1, -0.05) is 52.0 Å². The molecule has 1 aromatic carbocycles. The standard InChI is InChI=1S/C17H29N/c1-13(2)14-8-10-15(11-9-14)16(3,4)12-17(5,6)18-7/h8-11,13,18H,12H2,1-7H3. The first-order valence-electron chi connectivity index (χ1n) is 6.97. The van der Waals surface area contributed by atoms with Gasteiger partial charge in [0.25, 0.3) is 0 Å². The molecule has 1 heteroatoms. The summed E-state index contributed by atoms with van der Waals surface area (Å²) in [6.07, 6.45) is 1.12. The monoisotopic (exact) mass is 247 g/mol. The van der Waals surface area contributed by atoms with Gasteiger partial charge in [0.05, 0.1) is 0 Å². The van der Waals surface area contributed by atoms with E-state index in [0.717, 1.165) is 6.42 Å². The third-order valence-electron chi connectivity index (χ3n) is 3.92. The summed E-state index contributed by atoms with van der Waals surface area (Å²) in [5.41, 5.74) is 3.21. The zero-order chi connectivity index (χ0) is 14.0. The molecule has 1 rings (SSSR count). The molecule has 18 heavy (non-hydrogen) atoms. The fourth-order valence-electron chi connectivity index (χ4n) is 2.61. The van der Waals surface area contributed by atoms with Crippen molar-refractivity contribution in [2.45, 2.75) is 64.8 Å². The smallest absolute Gasteiger partial charge is 0.0130 e. The van der Waals surface area contributed by atoms with Crippen LogP contribution < -0.4 is 5.32 Å². The zero-order valence-electron chi connectivity index (χ0n) is 13.1. The average Bonchev–Trinajstić information content (AvgIpc) is 2.28. The molecule has 0 radical (unpaired) electrons. The number of hydrogen-bond acceptors (Lipinski definition) is 1. The lowest BCUT2D eigenvalue weighted by atomic mass is 9.75. The lowest BCUT2D eigenvalue weighted by molar-refractivity contribution is 0.305. The summed E-state index contributed by atoms with van der Waals surface area (Å²) in [7, 11) is 2.04. The van der Waals surface area contributed by atoms with Crippen LogP contribution in [-0.4, -0.2) is 12.6 Å². The molecule has 0 bridgehead atoms. The highest BCUT2D eigenvalue weighted by Gasteiger charge is 2.28. The molecule has 1 aromatic rings. The normalized spacial score (nSPS) is 13.1. The van der Waals surface area contributed by atoms with Crippen LogP contribution in [0.4, 0.5) is 0 Å². The predicted octanol–water partition coefficient (Wildman–Crippen LogP) is 4.48. The minimum atomic E-state index is 0.167. The molecule has 0 aliphatic rings. The van der Waals surface area contributed by atoms with Gasteiger partial charge in [0.15, 0.2) is 0 Å². The van der Waals surface area contributed by atoms with E-state index in [1.807, 2.05) is 7.05 Å². The van der Waals surface area contributed by atoms with Crippen molar-refractivity contribution in [2.24, 2.45) is 0 Å². The Morgan fingerprint density at radius 2 is 1.50 bits per heavy atom. The van der Waals surface area contributed by atoms with Crippen LogP contribution in [-0.2, 0) is 5.41 Å². The Bertz CT molecular complexity index is 371. The van der Waals surface area contributed by atoms with E-state index in [0.29, 0.717) is 5.92 Å². The summed E-state index contributed by atoms with van der Waals surface area (Å²) in [4.78, 5) is 0. The first kappa shape index (κ1) is 15.2. The van der Waals surface area contributed by atoms with E-state index < -0.39 is 0 Å². The molecular weight excluding hydrogens is 218 g/mol. The summed E-state index contributed by atoms with van der Waals surface area (Å²) < 4.78 is 0. The highest BCUT2D eigenvalue weighted by molar-refractivity contribution is 5.30. The van der Waals surface area contributed by atoms with Gasteiger partial charge in [-0.25, -0.2) is 0 Å². The van der Waals surface area contributed by atoms with Crippen molar-refractivity contribution in [2.75, 3.05) is 7.05 Å². The van der Waals surface area contributed by atoms with Crippen molar-refractivity contribution >= 4 is 0 Å². The third-order valence-corrected chi connectivity index (χ3v) is 3.92. The Morgan fingerprint density at radius 3 is 1.89 bits per heavy atom. The summed E-state index contributed by atoms with van der Waals surface area (Å²) in [6.45, 7) is 13.7. The Morgan fingerprint density at radius 1 is 1.00 bits per heavy atom. The second-order valence-electron chi connectivity index (χ2n) is 6.97. The van der Waals surface area contributed by atoms with E-state index in [1.54, 1.807) is 0 Å². The molecule has 0 aliphatic carbocycles. The van der Waals surface area contributed by atoms with Gasteiger partial charge in [0.2, 0.25) is 0 Å². The molecule has 0 spiro atoms. The zero-order valence-corrected chi connectivity index (χ0v) is 13.1. The van der Waals surface area contributed by atoms with E-state index in [4.69, 9.17) is 0 Å². The van der Waals surface area contributed by atoms with Crippen LogP contribution in [0.5, 0.6) is 0 Å². The fraction of sp³-hybridized carbons (Fsp3) is 0.647. The molecule has 0 fully saturated rings. The van der Waals surface area contributed by atoms with Gasteiger partial charge < -0.3 is 5.32 Å². The highest BCUT2D eigenvalue weighted by atomic mass is 14.9. The molecule has 0 unspecified atom stereocenters. The van der Waals surface area contributed by atoms with Crippen LogP contribution in [0.15, 0.2) is 24.3 Å². The summed E-state index contributed by atoms with van der Waals surface area (Å²) in [5.74, 6) is 0.607. The molecule has 0 saturated carbocycles. The van der Waals surface area contributed by atoms with Crippen molar-refractivity contribution in [3.05, 3.63) is 35.4 Å². The van der Waals surface area contributed by atoms with E-state index in [-0.39, 0.29) is 11.0 Å². The van der Waals surface area contributed by atoms with Gasteiger partial charge in [-0.2, -0.15) is 0 Å². The summed E-state index contributed by atoms with van der Waals surface area (Å²) in [5, 5.41) is 3.40. The van der Waals surface area contributed by atoms with Crippen LogP contribution in [0.25, 0.3) is 0 Å². The second kappa shape index (κ2) is 5.44. The third kappa shape index (κ3) is 3.84. The van der Waals surface area contributed by atoms with Gasteiger partial charge in [0.1, 0.15) is 0 Å².